The van der Waals surface area contributed by atoms with E-state index >= 15 is 0 Å². The lowest BCUT2D eigenvalue weighted by atomic mass is 10.1. The number of oxazole rings is 1. The van der Waals surface area contributed by atoms with Gasteiger partial charge < -0.3 is 9.73 Å². The molecule has 0 fully saturated rings. The Kier molecular flexibility index (Phi) is 5.21. The molecular weight excluding hydrogens is 418 g/mol. The van der Waals surface area contributed by atoms with Gasteiger partial charge in [0.05, 0.1) is 5.69 Å². The molecular formula is C26H19N3O2S. The van der Waals surface area contributed by atoms with Gasteiger partial charge >= 0.3 is 0 Å². The van der Waals surface area contributed by atoms with Crippen LogP contribution in [-0.2, 0) is 0 Å². The summed E-state index contributed by atoms with van der Waals surface area (Å²) in [7, 11) is 0. The van der Waals surface area contributed by atoms with Crippen LogP contribution in [0.4, 0.5) is 5.69 Å². The van der Waals surface area contributed by atoms with Gasteiger partial charge in [-0.25, -0.2) is 9.98 Å². The second kappa shape index (κ2) is 8.32. The normalized spacial score (nSPS) is 11.8. The Balaban J connectivity index is 1.35. The lowest BCUT2D eigenvalue weighted by molar-refractivity contribution is 0.0977. The van der Waals surface area contributed by atoms with Crippen LogP contribution in [0.5, 0.6) is 0 Å². The van der Waals surface area contributed by atoms with Crippen molar-refractivity contribution in [2.24, 2.45) is 4.99 Å². The van der Waals surface area contributed by atoms with Crippen molar-refractivity contribution in [1.29, 1.82) is 0 Å². The van der Waals surface area contributed by atoms with Crippen LogP contribution in [-0.4, -0.2) is 16.7 Å². The van der Waals surface area contributed by atoms with Gasteiger partial charge in [0.1, 0.15) is 11.4 Å². The molecule has 0 saturated carbocycles. The van der Waals surface area contributed by atoms with E-state index in [0.717, 1.165) is 27.4 Å². The molecule has 5 aromatic rings. The zero-order valence-corrected chi connectivity index (χ0v) is 18.1. The number of aromatic nitrogens is 1. The predicted molar refractivity (Wildman–Crippen MR) is 131 cm³/mol. The minimum absolute atomic E-state index is 0.208. The van der Waals surface area contributed by atoms with Gasteiger partial charge in [0.2, 0.25) is 5.89 Å². The Bertz CT molecular complexity index is 1470. The minimum Gasteiger partial charge on any atom is -0.436 e. The number of para-hydroxylation sites is 2. The Labute approximate surface area is 190 Å². The van der Waals surface area contributed by atoms with E-state index in [1.54, 1.807) is 6.92 Å². The van der Waals surface area contributed by atoms with Crippen molar-refractivity contribution in [3.8, 4) is 11.5 Å². The van der Waals surface area contributed by atoms with Crippen LogP contribution in [0.15, 0.2) is 99.2 Å². The van der Waals surface area contributed by atoms with Crippen molar-refractivity contribution in [1.82, 2.24) is 10.3 Å². The number of aliphatic imine (C=N–C) groups is 1. The van der Waals surface area contributed by atoms with Gasteiger partial charge in [0.15, 0.2) is 5.58 Å². The van der Waals surface area contributed by atoms with Crippen LogP contribution < -0.4 is 5.32 Å². The molecule has 32 heavy (non-hydrogen) atoms. The number of hydrogen-bond donors (Lipinski definition) is 2. The monoisotopic (exact) mass is 437 g/mol. The smallest absolute Gasteiger partial charge is 0.256 e. The average Bonchev–Trinajstić information content (AvgIpc) is 3.24. The third-order valence-electron chi connectivity index (χ3n) is 5.11. The SMILES string of the molecule is CC(=Nc1ccc(-c2nc3ccccc3o2)cc1S)NC(=O)c1ccc2ccccc2c1. The summed E-state index contributed by atoms with van der Waals surface area (Å²) in [6, 6.07) is 26.7. The minimum atomic E-state index is -0.208. The highest BCUT2D eigenvalue weighted by atomic mass is 32.1. The number of amides is 1. The first kappa shape index (κ1) is 20.0. The molecule has 0 bridgehead atoms. The third-order valence-corrected chi connectivity index (χ3v) is 5.47. The Morgan fingerprint density at radius 3 is 2.53 bits per heavy atom. The Morgan fingerprint density at radius 2 is 1.72 bits per heavy atom. The van der Waals surface area contributed by atoms with Crippen molar-refractivity contribution in [2.75, 3.05) is 0 Å². The summed E-state index contributed by atoms with van der Waals surface area (Å²) in [4.78, 5) is 22.4. The molecule has 0 radical (unpaired) electrons. The molecule has 5 nitrogen and oxygen atoms in total. The van der Waals surface area contributed by atoms with Gasteiger partial charge in [0, 0.05) is 16.0 Å². The van der Waals surface area contributed by atoms with Gasteiger partial charge in [-0.2, -0.15) is 0 Å². The fourth-order valence-corrected chi connectivity index (χ4v) is 3.79. The molecule has 0 saturated heterocycles. The van der Waals surface area contributed by atoms with E-state index in [4.69, 9.17) is 4.42 Å². The number of nitrogens with one attached hydrogen (secondary N) is 1. The van der Waals surface area contributed by atoms with Crippen LogP contribution in [0.2, 0.25) is 0 Å². The number of carbonyl (C=O) groups is 1. The van der Waals surface area contributed by atoms with Crippen molar-refractivity contribution in [2.45, 2.75) is 11.8 Å². The van der Waals surface area contributed by atoms with Crippen molar-refractivity contribution in [3.63, 3.8) is 0 Å². The fourth-order valence-electron chi connectivity index (χ4n) is 3.52. The van der Waals surface area contributed by atoms with E-state index in [2.05, 4.69) is 27.9 Å². The maximum absolute atomic E-state index is 12.7. The molecule has 0 atom stereocenters. The van der Waals surface area contributed by atoms with E-state index in [9.17, 15) is 4.79 Å². The lowest BCUT2D eigenvalue weighted by Crippen LogP contribution is -2.28. The summed E-state index contributed by atoms with van der Waals surface area (Å²) in [5, 5.41) is 4.95. The number of benzene rings is 4. The summed E-state index contributed by atoms with van der Waals surface area (Å²) in [6.45, 7) is 1.75. The van der Waals surface area contributed by atoms with E-state index in [0.29, 0.717) is 27.9 Å². The zero-order chi connectivity index (χ0) is 22.1. The molecule has 1 aromatic heterocycles. The third kappa shape index (κ3) is 4.00. The molecule has 0 unspecified atom stereocenters. The zero-order valence-electron chi connectivity index (χ0n) is 17.2. The molecule has 0 spiro atoms. The molecule has 1 N–H and O–H groups in total. The quantitative estimate of drug-likeness (QED) is 0.194. The van der Waals surface area contributed by atoms with Crippen LogP contribution in [0.1, 0.15) is 17.3 Å². The highest BCUT2D eigenvalue weighted by molar-refractivity contribution is 7.80. The first-order chi connectivity index (χ1) is 15.6. The second-order valence-electron chi connectivity index (χ2n) is 7.40. The Morgan fingerprint density at radius 1 is 0.938 bits per heavy atom. The molecule has 4 aromatic carbocycles. The van der Waals surface area contributed by atoms with E-state index in [1.165, 1.54) is 0 Å². The Hall–Kier alpha value is -3.90. The number of fused-ring (bicyclic) bond motifs is 2. The van der Waals surface area contributed by atoms with Crippen molar-refractivity contribution >= 4 is 51.9 Å². The van der Waals surface area contributed by atoms with Crippen LogP contribution >= 0.6 is 12.6 Å². The highest BCUT2D eigenvalue weighted by Gasteiger charge is 2.11. The van der Waals surface area contributed by atoms with Crippen LogP contribution in [0.25, 0.3) is 33.3 Å². The maximum atomic E-state index is 12.7. The summed E-state index contributed by atoms with van der Waals surface area (Å²) >= 11 is 4.57. The van der Waals surface area contributed by atoms with Crippen LogP contribution in [0.3, 0.4) is 0 Å². The number of thiol groups is 1. The number of carbonyl (C=O) groups excluding carboxylic acids is 1. The van der Waals surface area contributed by atoms with E-state index in [-0.39, 0.29) is 5.91 Å². The van der Waals surface area contributed by atoms with E-state index < -0.39 is 0 Å². The van der Waals surface area contributed by atoms with Crippen molar-refractivity contribution in [3.05, 3.63) is 90.5 Å². The van der Waals surface area contributed by atoms with Gasteiger partial charge in [0.25, 0.3) is 5.91 Å². The number of nitrogens with zero attached hydrogens (tertiary/aromatic N) is 2. The van der Waals surface area contributed by atoms with Gasteiger partial charge in [-0.05, 0) is 60.2 Å². The van der Waals surface area contributed by atoms with E-state index in [1.807, 2.05) is 84.9 Å². The van der Waals surface area contributed by atoms with Gasteiger partial charge in [-0.1, -0.05) is 42.5 Å². The first-order valence-electron chi connectivity index (χ1n) is 10.1. The maximum Gasteiger partial charge on any atom is 0.256 e. The molecule has 0 aliphatic heterocycles. The fraction of sp³-hybridized carbons (Fsp3) is 0.0385. The average molecular weight is 438 g/mol. The summed E-state index contributed by atoms with van der Waals surface area (Å²) < 4.78 is 5.82. The summed E-state index contributed by atoms with van der Waals surface area (Å²) in [6.07, 6.45) is 0. The molecule has 1 amide bonds. The molecule has 0 aliphatic rings. The number of rotatable bonds is 3. The predicted octanol–water partition coefficient (Wildman–Crippen LogP) is 6.42. The highest BCUT2D eigenvalue weighted by Crippen LogP contribution is 2.31. The first-order valence-corrected chi connectivity index (χ1v) is 10.6. The largest absolute Gasteiger partial charge is 0.436 e. The lowest BCUT2D eigenvalue weighted by Gasteiger charge is -2.07. The molecule has 5 rings (SSSR count). The van der Waals surface area contributed by atoms with Crippen molar-refractivity contribution < 1.29 is 9.21 Å². The number of hydrogen-bond acceptors (Lipinski definition) is 5. The molecule has 6 heteroatoms. The molecule has 156 valence electrons. The van der Waals surface area contributed by atoms with Crippen LogP contribution in [0, 0.1) is 0 Å². The summed E-state index contributed by atoms with van der Waals surface area (Å²) in [5.41, 5.74) is 3.57. The molecule has 0 aliphatic carbocycles. The topological polar surface area (TPSA) is 67.5 Å². The second-order valence-corrected chi connectivity index (χ2v) is 7.89. The summed E-state index contributed by atoms with van der Waals surface area (Å²) in [5.74, 6) is 0.798. The molecule has 1 heterocycles. The standard InChI is InChI=1S/C26H19N3O2S/c1-16(28-25(30)19-11-10-17-6-2-3-7-18(17)14-19)27-22-13-12-20(15-24(22)32)26-29-21-8-4-5-9-23(21)31-26/h2-15,32H,1H3,(H,27,28,30). The number of amidine groups is 1. The van der Waals surface area contributed by atoms with Gasteiger partial charge in [-0.15, -0.1) is 12.6 Å². The van der Waals surface area contributed by atoms with Gasteiger partial charge in [-0.3, -0.25) is 4.79 Å².